The lowest BCUT2D eigenvalue weighted by Gasteiger charge is -2.06. The fraction of sp³-hybridized carbons (Fsp3) is 0.455. The summed E-state index contributed by atoms with van der Waals surface area (Å²) in [7, 11) is 0. The van der Waals surface area contributed by atoms with Crippen molar-refractivity contribution in [2.75, 3.05) is 13.2 Å². The second-order valence-electron chi connectivity index (χ2n) is 3.53. The summed E-state index contributed by atoms with van der Waals surface area (Å²) in [4.78, 5) is 0. The summed E-state index contributed by atoms with van der Waals surface area (Å²) in [6.07, 6.45) is 2.64. The molecule has 0 atom stereocenters. The SMILES string of the molecule is Clc1ccc(OCCNC2CC2)cc1. The summed E-state index contributed by atoms with van der Waals surface area (Å²) >= 11 is 5.75. The quantitative estimate of drug-likeness (QED) is 0.756. The van der Waals surface area contributed by atoms with Crippen molar-refractivity contribution in [2.24, 2.45) is 0 Å². The molecule has 1 fully saturated rings. The Labute approximate surface area is 89.2 Å². The lowest BCUT2D eigenvalue weighted by atomic mass is 10.3. The molecule has 0 heterocycles. The molecule has 0 radical (unpaired) electrons. The first-order chi connectivity index (χ1) is 6.84. The van der Waals surface area contributed by atoms with Crippen LogP contribution in [0, 0.1) is 0 Å². The summed E-state index contributed by atoms with van der Waals surface area (Å²) in [5.41, 5.74) is 0. The van der Waals surface area contributed by atoms with Crippen molar-refractivity contribution < 1.29 is 4.74 Å². The highest BCUT2D eigenvalue weighted by molar-refractivity contribution is 6.30. The van der Waals surface area contributed by atoms with Crippen LogP contribution in [0.3, 0.4) is 0 Å². The van der Waals surface area contributed by atoms with Gasteiger partial charge in [0.05, 0.1) is 0 Å². The number of hydrogen-bond acceptors (Lipinski definition) is 2. The molecule has 1 aliphatic rings. The predicted octanol–water partition coefficient (Wildman–Crippen LogP) is 2.47. The molecule has 0 unspecified atom stereocenters. The Morgan fingerprint density at radius 2 is 2.00 bits per heavy atom. The van der Waals surface area contributed by atoms with Gasteiger partial charge in [0.1, 0.15) is 12.4 Å². The molecule has 1 aromatic carbocycles. The lowest BCUT2D eigenvalue weighted by molar-refractivity contribution is 0.313. The highest BCUT2D eigenvalue weighted by atomic mass is 35.5. The molecular weight excluding hydrogens is 198 g/mol. The Kier molecular flexibility index (Phi) is 3.27. The van der Waals surface area contributed by atoms with Gasteiger partial charge in [-0.1, -0.05) is 11.6 Å². The van der Waals surface area contributed by atoms with E-state index in [0.29, 0.717) is 0 Å². The Balaban J connectivity index is 1.66. The molecule has 14 heavy (non-hydrogen) atoms. The van der Waals surface area contributed by atoms with Gasteiger partial charge >= 0.3 is 0 Å². The van der Waals surface area contributed by atoms with Gasteiger partial charge in [-0.2, -0.15) is 0 Å². The fourth-order valence-corrected chi connectivity index (χ4v) is 1.38. The summed E-state index contributed by atoms with van der Waals surface area (Å²) in [5.74, 6) is 0.881. The smallest absolute Gasteiger partial charge is 0.119 e. The highest BCUT2D eigenvalue weighted by Crippen LogP contribution is 2.18. The van der Waals surface area contributed by atoms with E-state index in [0.717, 1.165) is 30.0 Å². The van der Waals surface area contributed by atoms with Crippen LogP contribution in [-0.4, -0.2) is 19.2 Å². The van der Waals surface area contributed by atoms with Crippen LogP contribution >= 0.6 is 11.6 Å². The average Bonchev–Trinajstić information content (AvgIpc) is 2.99. The zero-order valence-electron chi connectivity index (χ0n) is 8.00. The Morgan fingerprint density at radius 3 is 2.64 bits per heavy atom. The van der Waals surface area contributed by atoms with E-state index in [2.05, 4.69) is 5.32 Å². The van der Waals surface area contributed by atoms with Gasteiger partial charge in [-0.15, -0.1) is 0 Å². The molecule has 0 amide bonds. The minimum Gasteiger partial charge on any atom is -0.492 e. The third kappa shape index (κ3) is 3.20. The second-order valence-corrected chi connectivity index (χ2v) is 3.97. The van der Waals surface area contributed by atoms with Gasteiger partial charge in [-0.3, -0.25) is 0 Å². The van der Waals surface area contributed by atoms with Gasteiger partial charge in [0.2, 0.25) is 0 Å². The Morgan fingerprint density at radius 1 is 1.29 bits per heavy atom. The number of halogens is 1. The van der Waals surface area contributed by atoms with Crippen molar-refractivity contribution in [3.8, 4) is 5.75 Å². The largest absolute Gasteiger partial charge is 0.492 e. The zero-order valence-corrected chi connectivity index (χ0v) is 8.76. The molecule has 0 aromatic heterocycles. The zero-order chi connectivity index (χ0) is 9.80. The first kappa shape index (κ1) is 9.81. The third-order valence-electron chi connectivity index (χ3n) is 2.19. The van der Waals surface area contributed by atoms with Gasteiger partial charge in [-0.25, -0.2) is 0 Å². The van der Waals surface area contributed by atoms with E-state index in [9.17, 15) is 0 Å². The van der Waals surface area contributed by atoms with Crippen LogP contribution in [-0.2, 0) is 0 Å². The van der Waals surface area contributed by atoms with E-state index in [1.54, 1.807) is 0 Å². The van der Waals surface area contributed by atoms with E-state index in [1.165, 1.54) is 12.8 Å². The number of nitrogens with one attached hydrogen (secondary N) is 1. The average molecular weight is 212 g/mol. The molecule has 3 heteroatoms. The number of hydrogen-bond donors (Lipinski definition) is 1. The maximum atomic E-state index is 5.75. The lowest BCUT2D eigenvalue weighted by Crippen LogP contribution is -2.22. The molecule has 1 N–H and O–H groups in total. The molecule has 2 rings (SSSR count). The van der Waals surface area contributed by atoms with Crippen LogP contribution < -0.4 is 10.1 Å². The van der Waals surface area contributed by atoms with Crippen molar-refractivity contribution in [2.45, 2.75) is 18.9 Å². The topological polar surface area (TPSA) is 21.3 Å². The first-order valence-electron chi connectivity index (χ1n) is 4.96. The molecule has 0 saturated heterocycles. The van der Waals surface area contributed by atoms with Crippen LogP contribution in [0.25, 0.3) is 0 Å². The van der Waals surface area contributed by atoms with Crippen LogP contribution in [0.5, 0.6) is 5.75 Å². The standard InChI is InChI=1S/C11H14ClNO/c12-9-1-5-11(6-2-9)14-8-7-13-10-3-4-10/h1-2,5-6,10,13H,3-4,7-8H2. The van der Waals surface area contributed by atoms with Gasteiger partial charge < -0.3 is 10.1 Å². The van der Waals surface area contributed by atoms with Crippen LogP contribution in [0.2, 0.25) is 5.02 Å². The number of ether oxygens (including phenoxy) is 1. The first-order valence-corrected chi connectivity index (χ1v) is 5.34. The van der Waals surface area contributed by atoms with Gasteiger partial charge in [-0.05, 0) is 37.1 Å². The van der Waals surface area contributed by atoms with Crippen molar-refractivity contribution in [3.05, 3.63) is 29.3 Å². The van der Waals surface area contributed by atoms with E-state index >= 15 is 0 Å². The molecule has 0 bridgehead atoms. The molecule has 0 aliphatic heterocycles. The molecule has 76 valence electrons. The number of benzene rings is 1. The normalized spacial score (nSPS) is 15.5. The summed E-state index contributed by atoms with van der Waals surface area (Å²) in [5, 5.41) is 4.13. The van der Waals surface area contributed by atoms with E-state index in [-0.39, 0.29) is 0 Å². The Hall–Kier alpha value is -0.730. The third-order valence-corrected chi connectivity index (χ3v) is 2.45. The molecule has 1 aromatic rings. The summed E-state index contributed by atoms with van der Waals surface area (Å²) < 4.78 is 5.52. The van der Waals surface area contributed by atoms with Crippen molar-refractivity contribution in [1.82, 2.24) is 5.32 Å². The van der Waals surface area contributed by atoms with Crippen molar-refractivity contribution >= 4 is 11.6 Å². The fourth-order valence-electron chi connectivity index (χ4n) is 1.25. The van der Waals surface area contributed by atoms with E-state index in [4.69, 9.17) is 16.3 Å². The van der Waals surface area contributed by atoms with Crippen LogP contribution in [0.4, 0.5) is 0 Å². The molecule has 1 saturated carbocycles. The van der Waals surface area contributed by atoms with Gasteiger partial charge in [0.25, 0.3) is 0 Å². The molecular formula is C11H14ClNO. The van der Waals surface area contributed by atoms with Crippen molar-refractivity contribution in [1.29, 1.82) is 0 Å². The summed E-state index contributed by atoms with van der Waals surface area (Å²) in [6, 6.07) is 8.21. The molecule has 0 spiro atoms. The van der Waals surface area contributed by atoms with E-state index in [1.807, 2.05) is 24.3 Å². The van der Waals surface area contributed by atoms with Crippen LogP contribution in [0.15, 0.2) is 24.3 Å². The van der Waals surface area contributed by atoms with Gasteiger partial charge in [0.15, 0.2) is 0 Å². The Bertz CT molecular complexity index is 282. The summed E-state index contributed by atoms with van der Waals surface area (Å²) in [6.45, 7) is 1.64. The highest BCUT2D eigenvalue weighted by Gasteiger charge is 2.19. The van der Waals surface area contributed by atoms with Gasteiger partial charge in [0, 0.05) is 17.6 Å². The predicted molar refractivity (Wildman–Crippen MR) is 58.0 cm³/mol. The maximum absolute atomic E-state index is 5.75. The molecule has 1 aliphatic carbocycles. The van der Waals surface area contributed by atoms with Crippen LogP contribution in [0.1, 0.15) is 12.8 Å². The van der Waals surface area contributed by atoms with Crippen molar-refractivity contribution in [3.63, 3.8) is 0 Å². The monoisotopic (exact) mass is 211 g/mol. The molecule has 2 nitrogen and oxygen atoms in total. The van der Waals surface area contributed by atoms with E-state index < -0.39 is 0 Å². The second kappa shape index (κ2) is 4.67. The minimum absolute atomic E-state index is 0.720. The minimum atomic E-state index is 0.720. The maximum Gasteiger partial charge on any atom is 0.119 e. The number of rotatable bonds is 5.